The standard InChI is InChI=1S/C20H20N2O7/c1-13(24)21-15-4-3-5-16(9-15)22-19(25)11-29-20(26)12-28-17-7-6-14(10-23)8-18(17)27-2/h3-10H,11-12H2,1-2H3,(H,21,24)(H,22,25). The van der Waals surface area contributed by atoms with Crippen molar-refractivity contribution >= 4 is 35.4 Å². The molecule has 2 rings (SSSR count). The molecule has 29 heavy (non-hydrogen) atoms. The van der Waals surface area contributed by atoms with Crippen LogP contribution in [0.3, 0.4) is 0 Å². The summed E-state index contributed by atoms with van der Waals surface area (Å²) >= 11 is 0. The van der Waals surface area contributed by atoms with E-state index in [0.29, 0.717) is 29.0 Å². The first-order valence-electron chi connectivity index (χ1n) is 8.50. The van der Waals surface area contributed by atoms with Crippen LogP contribution >= 0.6 is 0 Å². The molecule has 0 spiro atoms. The molecule has 0 saturated heterocycles. The van der Waals surface area contributed by atoms with Gasteiger partial charge in [0.15, 0.2) is 24.7 Å². The highest BCUT2D eigenvalue weighted by molar-refractivity contribution is 5.94. The quantitative estimate of drug-likeness (QED) is 0.488. The molecule has 2 amide bonds. The molecule has 0 fully saturated rings. The molecule has 0 aromatic heterocycles. The van der Waals surface area contributed by atoms with Crippen LogP contribution in [0, 0.1) is 0 Å². The Bertz CT molecular complexity index is 911. The molecule has 2 aromatic carbocycles. The number of amides is 2. The zero-order valence-electron chi connectivity index (χ0n) is 15.9. The Morgan fingerprint density at radius 1 is 0.966 bits per heavy atom. The molecular weight excluding hydrogens is 380 g/mol. The average Bonchev–Trinajstić information content (AvgIpc) is 2.70. The highest BCUT2D eigenvalue weighted by Crippen LogP contribution is 2.27. The minimum atomic E-state index is -0.756. The summed E-state index contributed by atoms with van der Waals surface area (Å²) in [4.78, 5) is 45.6. The maximum Gasteiger partial charge on any atom is 0.344 e. The molecule has 0 aliphatic rings. The Morgan fingerprint density at radius 3 is 2.34 bits per heavy atom. The summed E-state index contributed by atoms with van der Waals surface area (Å²) in [6.07, 6.45) is 0.658. The van der Waals surface area contributed by atoms with Gasteiger partial charge in [-0.15, -0.1) is 0 Å². The smallest absolute Gasteiger partial charge is 0.344 e. The molecule has 2 aromatic rings. The van der Waals surface area contributed by atoms with Crippen molar-refractivity contribution in [3.05, 3.63) is 48.0 Å². The lowest BCUT2D eigenvalue weighted by atomic mass is 10.2. The van der Waals surface area contributed by atoms with Crippen LogP contribution < -0.4 is 20.1 Å². The Morgan fingerprint density at radius 2 is 1.69 bits per heavy atom. The van der Waals surface area contributed by atoms with E-state index in [9.17, 15) is 19.2 Å². The third kappa shape index (κ3) is 6.98. The molecule has 9 heteroatoms. The predicted octanol–water partition coefficient (Wildman–Crippen LogP) is 2.03. The van der Waals surface area contributed by atoms with E-state index in [1.54, 1.807) is 24.3 Å². The van der Waals surface area contributed by atoms with Crippen molar-refractivity contribution in [2.45, 2.75) is 6.92 Å². The van der Waals surface area contributed by atoms with Gasteiger partial charge in [-0.2, -0.15) is 0 Å². The monoisotopic (exact) mass is 400 g/mol. The fraction of sp³-hybridized carbons (Fsp3) is 0.200. The van der Waals surface area contributed by atoms with Crippen molar-refractivity contribution in [1.29, 1.82) is 0 Å². The van der Waals surface area contributed by atoms with Crippen LogP contribution in [0.1, 0.15) is 17.3 Å². The predicted molar refractivity (Wildman–Crippen MR) is 104 cm³/mol. The molecule has 0 saturated carbocycles. The summed E-state index contributed by atoms with van der Waals surface area (Å²) in [5, 5.41) is 5.15. The van der Waals surface area contributed by atoms with Crippen LogP contribution in [0.2, 0.25) is 0 Å². The molecule has 0 aliphatic heterocycles. The number of methoxy groups -OCH3 is 1. The SMILES string of the molecule is COc1cc(C=O)ccc1OCC(=O)OCC(=O)Nc1cccc(NC(C)=O)c1. The maximum absolute atomic E-state index is 11.9. The molecule has 0 bridgehead atoms. The van der Waals surface area contributed by atoms with E-state index >= 15 is 0 Å². The Kier molecular flexibility index (Phi) is 7.72. The summed E-state index contributed by atoms with van der Waals surface area (Å²) < 4.78 is 15.3. The summed E-state index contributed by atoms with van der Waals surface area (Å²) in [7, 11) is 1.40. The summed E-state index contributed by atoms with van der Waals surface area (Å²) in [6, 6.07) is 11.0. The molecule has 0 aliphatic carbocycles. The first kappa shape index (κ1) is 21.4. The molecule has 9 nitrogen and oxygen atoms in total. The van der Waals surface area contributed by atoms with Gasteiger partial charge in [-0.25, -0.2) is 4.79 Å². The van der Waals surface area contributed by atoms with Gasteiger partial charge >= 0.3 is 5.97 Å². The van der Waals surface area contributed by atoms with E-state index in [0.717, 1.165) is 0 Å². The van der Waals surface area contributed by atoms with Crippen molar-refractivity contribution < 1.29 is 33.4 Å². The van der Waals surface area contributed by atoms with E-state index in [2.05, 4.69) is 10.6 Å². The largest absolute Gasteiger partial charge is 0.493 e. The number of carbonyl (C=O) groups is 4. The summed E-state index contributed by atoms with van der Waals surface area (Å²) in [5.41, 5.74) is 1.36. The number of nitrogens with one attached hydrogen (secondary N) is 2. The number of anilines is 2. The summed E-state index contributed by atoms with van der Waals surface area (Å²) in [6.45, 7) is 0.425. The number of aldehydes is 1. The molecule has 2 N–H and O–H groups in total. The van der Waals surface area contributed by atoms with Crippen LogP contribution in [-0.2, 0) is 19.1 Å². The average molecular weight is 400 g/mol. The van der Waals surface area contributed by atoms with E-state index in [1.807, 2.05) is 0 Å². The van der Waals surface area contributed by atoms with Gasteiger partial charge in [-0.1, -0.05) is 6.07 Å². The number of hydrogen-bond donors (Lipinski definition) is 2. The van der Waals surface area contributed by atoms with E-state index in [-0.39, 0.29) is 11.7 Å². The molecule has 0 atom stereocenters. The first-order valence-corrected chi connectivity index (χ1v) is 8.50. The normalized spacial score (nSPS) is 9.86. The molecule has 152 valence electrons. The van der Waals surface area contributed by atoms with E-state index in [4.69, 9.17) is 14.2 Å². The number of rotatable bonds is 9. The van der Waals surface area contributed by atoms with Gasteiger partial charge in [0.1, 0.15) is 6.29 Å². The lowest BCUT2D eigenvalue weighted by Gasteiger charge is -2.11. The summed E-state index contributed by atoms with van der Waals surface area (Å²) in [5.74, 6) is -0.992. The molecule has 0 unspecified atom stereocenters. The third-order valence-corrected chi connectivity index (χ3v) is 3.50. The van der Waals surface area contributed by atoms with Crippen LogP contribution in [0.15, 0.2) is 42.5 Å². The van der Waals surface area contributed by atoms with Crippen molar-refractivity contribution in [2.75, 3.05) is 31.0 Å². The Labute approximate surface area is 166 Å². The highest BCUT2D eigenvalue weighted by Gasteiger charge is 2.12. The van der Waals surface area contributed by atoms with Gasteiger partial charge in [0, 0.05) is 23.9 Å². The second kappa shape index (κ2) is 10.5. The molecular formula is C20H20N2O7. The number of esters is 1. The lowest BCUT2D eigenvalue weighted by Crippen LogP contribution is -2.23. The lowest BCUT2D eigenvalue weighted by molar-refractivity contribution is -0.149. The number of carbonyl (C=O) groups excluding carboxylic acids is 4. The van der Waals surface area contributed by atoms with Crippen molar-refractivity contribution in [1.82, 2.24) is 0 Å². The molecule has 0 radical (unpaired) electrons. The van der Waals surface area contributed by atoms with Crippen LogP contribution in [0.4, 0.5) is 11.4 Å². The van der Waals surface area contributed by atoms with Gasteiger partial charge in [0.25, 0.3) is 5.91 Å². The second-order valence-corrected chi connectivity index (χ2v) is 5.79. The fourth-order valence-electron chi connectivity index (χ4n) is 2.28. The van der Waals surface area contributed by atoms with Gasteiger partial charge in [0.2, 0.25) is 5.91 Å². The Balaban J connectivity index is 1.81. The van der Waals surface area contributed by atoms with E-state index < -0.39 is 25.1 Å². The first-order chi connectivity index (χ1) is 13.9. The highest BCUT2D eigenvalue weighted by atomic mass is 16.6. The molecule has 0 heterocycles. The van der Waals surface area contributed by atoms with E-state index in [1.165, 1.54) is 32.2 Å². The van der Waals surface area contributed by atoms with Crippen molar-refractivity contribution in [3.8, 4) is 11.5 Å². The minimum absolute atomic E-state index is 0.236. The zero-order valence-corrected chi connectivity index (χ0v) is 15.9. The van der Waals surface area contributed by atoms with Gasteiger partial charge in [0.05, 0.1) is 7.11 Å². The van der Waals surface area contributed by atoms with Crippen molar-refractivity contribution in [2.24, 2.45) is 0 Å². The minimum Gasteiger partial charge on any atom is -0.493 e. The Hall–Kier alpha value is -3.88. The van der Waals surface area contributed by atoms with Gasteiger partial charge in [-0.3, -0.25) is 14.4 Å². The number of hydrogen-bond acceptors (Lipinski definition) is 7. The third-order valence-electron chi connectivity index (χ3n) is 3.50. The fourth-order valence-corrected chi connectivity index (χ4v) is 2.28. The second-order valence-electron chi connectivity index (χ2n) is 5.79. The van der Waals surface area contributed by atoms with Crippen LogP contribution in [0.5, 0.6) is 11.5 Å². The zero-order chi connectivity index (χ0) is 21.2. The van der Waals surface area contributed by atoms with Gasteiger partial charge in [-0.05, 0) is 36.4 Å². The van der Waals surface area contributed by atoms with Crippen LogP contribution in [0.25, 0.3) is 0 Å². The van der Waals surface area contributed by atoms with Crippen LogP contribution in [-0.4, -0.2) is 44.4 Å². The number of benzene rings is 2. The number of ether oxygens (including phenoxy) is 3. The topological polar surface area (TPSA) is 120 Å². The van der Waals surface area contributed by atoms with Crippen molar-refractivity contribution in [3.63, 3.8) is 0 Å². The maximum atomic E-state index is 11.9. The van der Waals surface area contributed by atoms with Gasteiger partial charge < -0.3 is 24.8 Å².